The Balaban J connectivity index is 3.04. The molecule has 1 heterocycles. The largest absolute Gasteiger partial charge is 0.380 e. The van der Waals surface area contributed by atoms with Crippen molar-refractivity contribution >= 4 is 11.8 Å². The number of nitrogens with one attached hydrogen (secondary N) is 1. The van der Waals surface area contributed by atoms with Crippen molar-refractivity contribution in [2.45, 2.75) is 65.6 Å². The molecule has 5 atom stereocenters. The first-order chi connectivity index (χ1) is 9.87. The monoisotopic (exact) mass is 298 g/mol. The maximum absolute atomic E-state index is 12.8. The number of amides is 2. The van der Waals surface area contributed by atoms with Gasteiger partial charge in [-0.25, -0.2) is 0 Å². The number of methoxy groups -OCH3 is 1. The van der Waals surface area contributed by atoms with Crippen LogP contribution in [0.15, 0.2) is 0 Å². The van der Waals surface area contributed by atoms with Crippen LogP contribution in [-0.4, -0.2) is 48.6 Å². The van der Waals surface area contributed by atoms with E-state index in [2.05, 4.69) is 5.32 Å². The van der Waals surface area contributed by atoms with Crippen LogP contribution >= 0.6 is 0 Å². The average Bonchev–Trinajstić information content (AvgIpc) is 2.48. The van der Waals surface area contributed by atoms with E-state index in [9.17, 15) is 9.59 Å². The zero-order valence-electron chi connectivity index (χ0n) is 14.2. The van der Waals surface area contributed by atoms with Crippen LogP contribution in [0.4, 0.5) is 0 Å². The van der Waals surface area contributed by atoms with E-state index in [0.717, 1.165) is 12.8 Å². The van der Waals surface area contributed by atoms with Gasteiger partial charge in [-0.05, 0) is 18.8 Å². The second kappa shape index (κ2) is 7.78. The van der Waals surface area contributed by atoms with Gasteiger partial charge in [0.15, 0.2) is 0 Å². The lowest BCUT2D eigenvalue weighted by Gasteiger charge is -2.43. The minimum atomic E-state index is -0.410. The molecule has 0 aromatic carbocycles. The van der Waals surface area contributed by atoms with Crippen molar-refractivity contribution in [1.29, 1.82) is 0 Å². The molecule has 0 aromatic rings. The third-order valence-corrected chi connectivity index (χ3v) is 4.70. The molecule has 1 saturated heterocycles. The van der Waals surface area contributed by atoms with Crippen molar-refractivity contribution in [3.63, 3.8) is 0 Å². The van der Waals surface area contributed by atoms with E-state index >= 15 is 0 Å². The molecule has 1 aliphatic rings. The highest BCUT2D eigenvalue weighted by atomic mass is 16.5. The molecule has 0 saturated carbocycles. The fourth-order valence-electron chi connectivity index (χ4n) is 2.72. The van der Waals surface area contributed by atoms with Crippen LogP contribution in [0.25, 0.3) is 0 Å². The number of ether oxygens (including phenoxy) is 1. The highest BCUT2D eigenvalue weighted by Crippen LogP contribution is 2.24. The molecule has 2 amide bonds. The van der Waals surface area contributed by atoms with Crippen molar-refractivity contribution in [1.82, 2.24) is 10.2 Å². The molecule has 5 unspecified atom stereocenters. The van der Waals surface area contributed by atoms with Crippen molar-refractivity contribution < 1.29 is 14.3 Å². The summed E-state index contributed by atoms with van der Waals surface area (Å²) in [6.07, 6.45) is 1.64. The Kier molecular flexibility index (Phi) is 6.65. The number of hydrogen-bond acceptors (Lipinski definition) is 3. The van der Waals surface area contributed by atoms with Crippen LogP contribution in [0, 0.1) is 11.8 Å². The maximum atomic E-state index is 12.8. The number of carbonyl (C=O) groups excluding carboxylic acids is 2. The van der Waals surface area contributed by atoms with E-state index < -0.39 is 6.04 Å². The Labute approximate surface area is 128 Å². The normalized spacial score (nSPS) is 27.2. The topological polar surface area (TPSA) is 58.6 Å². The maximum Gasteiger partial charge on any atom is 0.246 e. The van der Waals surface area contributed by atoms with Gasteiger partial charge in [-0.15, -0.1) is 0 Å². The molecule has 0 bridgehead atoms. The second-order valence-corrected chi connectivity index (χ2v) is 6.24. The number of nitrogens with zero attached hydrogens (tertiary/aromatic N) is 1. The molecule has 1 N–H and O–H groups in total. The van der Waals surface area contributed by atoms with Gasteiger partial charge in [-0.3, -0.25) is 9.59 Å². The summed E-state index contributed by atoms with van der Waals surface area (Å²) in [5, 5.41) is 2.93. The first-order valence-electron chi connectivity index (χ1n) is 8.00. The Bertz CT molecular complexity index is 373. The summed E-state index contributed by atoms with van der Waals surface area (Å²) in [7, 11) is 1.63. The first-order valence-corrected chi connectivity index (χ1v) is 8.00. The quantitative estimate of drug-likeness (QED) is 0.780. The van der Waals surface area contributed by atoms with Gasteiger partial charge < -0.3 is 15.0 Å². The van der Waals surface area contributed by atoms with Crippen LogP contribution in [-0.2, 0) is 14.3 Å². The van der Waals surface area contributed by atoms with Gasteiger partial charge in [0.05, 0.1) is 6.10 Å². The first kappa shape index (κ1) is 18.0. The predicted molar refractivity (Wildman–Crippen MR) is 82.8 cm³/mol. The summed E-state index contributed by atoms with van der Waals surface area (Å²) < 4.78 is 5.29. The van der Waals surface area contributed by atoms with Crippen molar-refractivity contribution in [3.8, 4) is 0 Å². The standard InChI is InChI=1S/C16H30N2O3/c1-7-10(3)13-16(20)18(9-12(5)21-6)14(11(4)8-2)15(19)17-13/h10-14H,7-9H2,1-6H3,(H,17,19). The molecule has 5 heteroatoms. The number of carbonyl (C=O) groups is 2. The number of rotatable bonds is 7. The van der Waals surface area contributed by atoms with Gasteiger partial charge in [0.1, 0.15) is 12.1 Å². The molecule has 21 heavy (non-hydrogen) atoms. The minimum absolute atomic E-state index is 0.0261. The Morgan fingerprint density at radius 2 is 1.71 bits per heavy atom. The third kappa shape index (κ3) is 3.96. The van der Waals surface area contributed by atoms with Crippen LogP contribution < -0.4 is 5.32 Å². The molecular weight excluding hydrogens is 268 g/mol. The van der Waals surface area contributed by atoms with E-state index in [1.165, 1.54) is 0 Å². The molecule has 122 valence electrons. The van der Waals surface area contributed by atoms with Crippen molar-refractivity contribution in [2.24, 2.45) is 11.8 Å². The Morgan fingerprint density at radius 1 is 1.14 bits per heavy atom. The van der Waals surface area contributed by atoms with E-state index in [1.807, 2.05) is 34.6 Å². The Morgan fingerprint density at radius 3 is 2.19 bits per heavy atom. The van der Waals surface area contributed by atoms with Crippen LogP contribution in [0.3, 0.4) is 0 Å². The van der Waals surface area contributed by atoms with Crippen LogP contribution in [0.5, 0.6) is 0 Å². The van der Waals surface area contributed by atoms with Gasteiger partial charge in [0, 0.05) is 13.7 Å². The Hall–Kier alpha value is -1.10. The van der Waals surface area contributed by atoms with Gasteiger partial charge in [-0.2, -0.15) is 0 Å². The summed E-state index contributed by atoms with van der Waals surface area (Å²) in [5.41, 5.74) is 0. The zero-order chi connectivity index (χ0) is 16.2. The van der Waals surface area contributed by atoms with Gasteiger partial charge in [0.25, 0.3) is 0 Å². The average molecular weight is 298 g/mol. The lowest BCUT2D eigenvalue weighted by molar-refractivity contribution is -0.154. The molecule has 0 aliphatic carbocycles. The molecule has 1 fully saturated rings. The molecule has 0 radical (unpaired) electrons. The molecular formula is C16H30N2O3. The van der Waals surface area contributed by atoms with Gasteiger partial charge in [0.2, 0.25) is 11.8 Å². The SMILES string of the molecule is CCC(C)C1NC(=O)C(C(C)CC)N(CC(C)OC)C1=O. The van der Waals surface area contributed by atoms with E-state index in [4.69, 9.17) is 4.74 Å². The van der Waals surface area contributed by atoms with Crippen molar-refractivity contribution in [2.75, 3.05) is 13.7 Å². The number of hydrogen-bond donors (Lipinski definition) is 1. The summed E-state index contributed by atoms with van der Waals surface area (Å²) in [6.45, 7) is 10.5. The highest BCUT2D eigenvalue weighted by Gasteiger charge is 2.44. The molecule has 5 nitrogen and oxygen atoms in total. The lowest BCUT2D eigenvalue weighted by atomic mass is 9.89. The van der Waals surface area contributed by atoms with E-state index in [0.29, 0.717) is 6.54 Å². The second-order valence-electron chi connectivity index (χ2n) is 6.24. The highest BCUT2D eigenvalue weighted by molar-refractivity contribution is 5.97. The van der Waals surface area contributed by atoms with E-state index in [-0.39, 0.29) is 35.8 Å². The summed E-state index contributed by atoms with van der Waals surface area (Å²) in [4.78, 5) is 27.0. The third-order valence-electron chi connectivity index (χ3n) is 4.70. The van der Waals surface area contributed by atoms with Crippen LogP contribution in [0.1, 0.15) is 47.5 Å². The fourth-order valence-corrected chi connectivity index (χ4v) is 2.72. The molecule has 0 aromatic heterocycles. The zero-order valence-corrected chi connectivity index (χ0v) is 14.2. The smallest absolute Gasteiger partial charge is 0.246 e. The summed E-state index contributed by atoms with van der Waals surface area (Å²) in [6, 6.07) is -0.799. The molecule has 0 spiro atoms. The van der Waals surface area contributed by atoms with E-state index in [1.54, 1.807) is 12.0 Å². The minimum Gasteiger partial charge on any atom is -0.380 e. The van der Waals surface area contributed by atoms with Crippen molar-refractivity contribution in [3.05, 3.63) is 0 Å². The summed E-state index contributed by atoms with van der Waals surface area (Å²) >= 11 is 0. The molecule has 1 aliphatic heterocycles. The van der Waals surface area contributed by atoms with Crippen LogP contribution in [0.2, 0.25) is 0 Å². The lowest BCUT2D eigenvalue weighted by Crippen LogP contribution is -2.67. The molecule has 1 rings (SSSR count). The van der Waals surface area contributed by atoms with Gasteiger partial charge in [-0.1, -0.05) is 40.5 Å². The fraction of sp³-hybridized carbons (Fsp3) is 0.875. The van der Waals surface area contributed by atoms with Gasteiger partial charge >= 0.3 is 0 Å². The summed E-state index contributed by atoms with van der Waals surface area (Å²) in [5.74, 6) is 0.270. The number of piperazine rings is 1. The predicted octanol–water partition coefficient (Wildman–Crippen LogP) is 1.81.